The lowest BCUT2D eigenvalue weighted by molar-refractivity contribution is 0.0857. The molecule has 5 heteroatoms. The van der Waals surface area contributed by atoms with E-state index in [1.807, 2.05) is 18.2 Å². The van der Waals surface area contributed by atoms with Crippen molar-refractivity contribution in [2.45, 2.75) is 31.3 Å². The van der Waals surface area contributed by atoms with Crippen molar-refractivity contribution in [3.05, 3.63) is 52.0 Å². The van der Waals surface area contributed by atoms with Crippen LogP contribution in [0.3, 0.4) is 0 Å². The molecule has 2 aromatic rings. The second kappa shape index (κ2) is 6.18. The third-order valence-electron chi connectivity index (χ3n) is 4.35. The van der Waals surface area contributed by atoms with Crippen molar-refractivity contribution in [3.63, 3.8) is 0 Å². The largest absolute Gasteiger partial charge is 0.387 e. The molecule has 1 saturated heterocycles. The maximum absolute atomic E-state index is 5.60. The molecule has 1 N–H and O–H groups in total. The molecule has 4 nitrogen and oxygen atoms in total. The number of aromatic nitrogens is 1. The second-order valence-electron chi connectivity index (χ2n) is 5.84. The van der Waals surface area contributed by atoms with Gasteiger partial charge in [0, 0.05) is 17.7 Å². The van der Waals surface area contributed by atoms with Gasteiger partial charge in [0.1, 0.15) is 5.71 Å². The Kier molecular flexibility index (Phi) is 3.91. The molecule has 1 atom stereocenters. The number of nitrogens with zero attached hydrogens (tertiary/aromatic N) is 2. The summed E-state index contributed by atoms with van der Waals surface area (Å²) in [6, 6.07) is 10.3. The Bertz CT molecular complexity index is 662. The van der Waals surface area contributed by atoms with Crippen LogP contribution < -0.4 is 5.32 Å². The molecule has 0 amide bonds. The van der Waals surface area contributed by atoms with E-state index in [0.717, 1.165) is 30.9 Å². The Hall–Kier alpha value is -1.72. The SMILES string of the molecule is c1ccc([C@H]2CC(c3csc(C4CCNCC4)n3)=NO2)cc1. The number of piperidine rings is 1. The van der Waals surface area contributed by atoms with E-state index in [-0.39, 0.29) is 6.10 Å². The zero-order valence-electron chi connectivity index (χ0n) is 12.4. The number of rotatable bonds is 3. The van der Waals surface area contributed by atoms with Crippen LogP contribution in [0.4, 0.5) is 0 Å². The molecule has 0 bridgehead atoms. The first-order valence-electron chi connectivity index (χ1n) is 7.84. The molecule has 1 aromatic heterocycles. The summed E-state index contributed by atoms with van der Waals surface area (Å²) in [5, 5.41) is 11.1. The Morgan fingerprint density at radius 1 is 1.14 bits per heavy atom. The summed E-state index contributed by atoms with van der Waals surface area (Å²) in [5.41, 5.74) is 3.15. The lowest BCUT2D eigenvalue weighted by Gasteiger charge is -2.20. The van der Waals surface area contributed by atoms with Crippen LogP contribution in [0, 0.1) is 0 Å². The summed E-state index contributed by atoms with van der Waals surface area (Å²) in [5.74, 6) is 0.604. The van der Waals surface area contributed by atoms with Gasteiger partial charge in [-0.3, -0.25) is 0 Å². The van der Waals surface area contributed by atoms with Crippen LogP contribution in [0.15, 0.2) is 40.9 Å². The second-order valence-corrected chi connectivity index (χ2v) is 6.73. The molecule has 0 aliphatic carbocycles. The summed E-state index contributed by atoms with van der Waals surface area (Å²) < 4.78 is 0. The lowest BCUT2D eigenvalue weighted by atomic mass is 9.99. The van der Waals surface area contributed by atoms with Crippen LogP contribution in [0.2, 0.25) is 0 Å². The Morgan fingerprint density at radius 2 is 1.95 bits per heavy atom. The molecule has 0 radical (unpaired) electrons. The summed E-state index contributed by atoms with van der Waals surface area (Å²) in [6.07, 6.45) is 3.20. The monoisotopic (exact) mass is 313 g/mol. The summed E-state index contributed by atoms with van der Waals surface area (Å²) in [7, 11) is 0. The number of hydrogen-bond donors (Lipinski definition) is 1. The van der Waals surface area contributed by atoms with E-state index in [4.69, 9.17) is 9.82 Å². The number of oxime groups is 1. The van der Waals surface area contributed by atoms with Crippen LogP contribution in [0.5, 0.6) is 0 Å². The molecule has 1 aromatic carbocycles. The Labute approximate surface area is 134 Å². The summed E-state index contributed by atoms with van der Waals surface area (Å²) in [4.78, 5) is 10.4. The normalized spacial score (nSPS) is 22.4. The molecule has 0 saturated carbocycles. The minimum absolute atomic E-state index is 0.0280. The van der Waals surface area contributed by atoms with E-state index in [2.05, 4.69) is 28.0 Å². The smallest absolute Gasteiger partial charge is 0.158 e. The molecule has 0 unspecified atom stereocenters. The van der Waals surface area contributed by atoms with Gasteiger partial charge in [0.2, 0.25) is 0 Å². The van der Waals surface area contributed by atoms with Crippen LogP contribution in [0.1, 0.15) is 47.5 Å². The van der Waals surface area contributed by atoms with Crippen LogP contribution in [-0.2, 0) is 4.84 Å². The summed E-state index contributed by atoms with van der Waals surface area (Å²) in [6.45, 7) is 2.19. The van der Waals surface area contributed by atoms with Crippen molar-refractivity contribution < 1.29 is 4.84 Å². The highest BCUT2D eigenvalue weighted by Crippen LogP contribution is 2.32. The molecule has 22 heavy (non-hydrogen) atoms. The minimum Gasteiger partial charge on any atom is -0.387 e. The molecule has 3 heterocycles. The lowest BCUT2D eigenvalue weighted by Crippen LogP contribution is -2.26. The minimum atomic E-state index is 0.0280. The number of hydrogen-bond acceptors (Lipinski definition) is 5. The molecular formula is C17H19N3OS. The van der Waals surface area contributed by atoms with E-state index < -0.39 is 0 Å². The van der Waals surface area contributed by atoms with E-state index in [1.165, 1.54) is 23.4 Å². The maximum atomic E-state index is 5.60. The van der Waals surface area contributed by atoms with Crippen LogP contribution in [0.25, 0.3) is 0 Å². The fourth-order valence-corrected chi connectivity index (χ4v) is 4.05. The highest BCUT2D eigenvalue weighted by molar-refractivity contribution is 7.09. The van der Waals surface area contributed by atoms with Gasteiger partial charge in [0.05, 0.1) is 10.7 Å². The Morgan fingerprint density at radius 3 is 2.77 bits per heavy atom. The fraction of sp³-hybridized carbons (Fsp3) is 0.412. The molecule has 114 valence electrons. The van der Waals surface area contributed by atoms with Crippen LogP contribution >= 0.6 is 11.3 Å². The van der Waals surface area contributed by atoms with Gasteiger partial charge < -0.3 is 10.2 Å². The average molecular weight is 313 g/mol. The molecule has 2 aliphatic rings. The average Bonchev–Trinajstić information content (AvgIpc) is 3.26. The molecule has 2 aliphatic heterocycles. The number of nitrogens with one attached hydrogen (secondary N) is 1. The maximum Gasteiger partial charge on any atom is 0.158 e. The molecule has 4 rings (SSSR count). The van der Waals surface area contributed by atoms with Crippen molar-refractivity contribution in [2.75, 3.05) is 13.1 Å². The quantitative estimate of drug-likeness (QED) is 0.943. The molecule has 0 spiro atoms. The van der Waals surface area contributed by atoms with Crippen molar-refractivity contribution in [1.82, 2.24) is 10.3 Å². The number of benzene rings is 1. The van der Waals surface area contributed by atoms with E-state index >= 15 is 0 Å². The van der Waals surface area contributed by atoms with E-state index in [1.54, 1.807) is 11.3 Å². The van der Waals surface area contributed by atoms with Gasteiger partial charge in [-0.15, -0.1) is 11.3 Å². The van der Waals surface area contributed by atoms with Crippen molar-refractivity contribution in [3.8, 4) is 0 Å². The predicted octanol–water partition coefficient (Wildman–Crippen LogP) is 3.48. The molecular weight excluding hydrogens is 294 g/mol. The predicted molar refractivity (Wildman–Crippen MR) is 88.4 cm³/mol. The van der Waals surface area contributed by atoms with Crippen LogP contribution in [-0.4, -0.2) is 23.8 Å². The van der Waals surface area contributed by atoms with Gasteiger partial charge in [-0.05, 0) is 31.5 Å². The van der Waals surface area contributed by atoms with E-state index in [9.17, 15) is 0 Å². The standard InChI is InChI=1S/C17H19N3OS/c1-2-4-12(5-3-1)16-10-14(20-21-16)15-11-22-17(19-15)13-6-8-18-9-7-13/h1-5,11,13,16,18H,6-10H2/t16-/m1/s1. The van der Waals surface area contributed by atoms with Gasteiger partial charge in [0.25, 0.3) is 0 Å². The van der Waals surface area contributed by atoms with Crippen molar-refractivity contribution >= 4 is 17.0 Å². The Balaban J connectivity index is 1.46. The third-order valence-corrected chi connectivity index (χ3v) is 5.35. The van der Waals surface area contributed by atoms with Gasteiger partial charge in [-0.2, -0.15) is 0 Å². The first-order valence-corrected chi connectivity index (χ1v) is 8.72. The fourth-order valence-electron chi connectivity index (χ4n) is 3.05. The topological polar surface area (TPSA) is 46.5 Å². The van der Waals surface area contributed by atoms with Gasteiger partial charge in [0.15, 0.2) is 6.10 Å². The first-order chi connectivity index (χ1) is 10.9. The summed E-state index contributed by atoms with van der Waals surface area (Å²) >= 11 is 1.76. The number of thiazole rings is 1. The van der Waals surface area contributed by atoms with Crippen molar-refractivity contribution in [2.24, 2.45) is 5.16 Å². The zero-order chi connectivity index (χ0) is 14.8. The highest BCUT2D eigenvalue weighted by atomic mass is 32.1. The molecule has 1 fully saturated rings. The van der Waals surface area contributed by atoms with Crippen molar-refractivity contribution in [1.29, 1.82) is 0 Å². The first kappa shape index (κ1) is 13.9. The van der Waals surface area contributed by atoms with Gasteiger partial charge in [-0.1, -0.05) is 35.5 Å². The van der Waals surface area contributed by atoms with Gasteiger partial charge >= 0.3 is 0 Å². The van der Waals surface area contributed by atoms with E-state index in [0.29, 0.717) is 5.92 Å². The third kappa shape index (κ3) is 2.78. The van der Waals surface area contributed by atoms with Gasteiger partial charge in [-0.25, -0.2) is 4.98 Å². The highest BCUT2D eigenvalue weighted by Gasteiger charge is 2.26. The zero-order valence-corrected chi connectivity index (χ0v) is 13.2.